The Bertz CT molecular complexity index is 462. The van der Waals surface area contributed by atoms with Crippen LogP contribution >= 0.6 is 15.9 Å². The highest BCUT2D eigenvalue weighted by Gasteiger charge is 2.29. The van der Waals surface area contributed by atoms with Crippen molar-refractivity contribution in [2.45, 2.75) is 39.7 Å². The molecular formula is C17H24BrNO. The zero-order valence-electron chi connectivity index (χ0n) is 12.8. The Balaban J connectivity index is 2.81. The van der Waals surface area contributed by atoms with Crippen LogP contribution in [0.25, 0.3) is 0 Å². The van der Waals surface area contributed by atoms with Crippen LogP contribution in [0.4, 0.5) is 0 Å². The Morgan fingerprint density at radius 1 is 1.30 bits per heavy atom. The van der Waals surface area contributed by atoms with E-state index >= 15 is 0 Å². The third-order valence-electron chi connectivity index (χ3n) is 3.21. The largest absolute Gasteiger partial charge is 0.333 e. The monoisotopic (exact) mass is 337 g/mol. The van der Waals surface area contributed by atoms with Gasteiger partial charge in [-0.2, -0.15) is 0 Å². The van der Waals surface area contributed by atoms with E-state index < -0.39 is 0 Å². The summed E-state index contributed by atoms with van der Waals surface area (Å²) in [5.41, 5.74) is 0.985. The van der Waals surface area contributed by atoms with E-state index in [1.807, 2.05) is 30.0 Å². The summed E-state index contributed by atoms with van der Waals surface area (Å²) >= 11 is 3.36. The lowest BCUT2D eigenvalue weighted by Gasteiger charge is -2.37. The molecule has 3 heteroatoms. The lowest BCUT2D eigenvalue weighted by Crippen LogP contribution is -2.48. The summed E-state index contributed by atoms with van der Waals surface area (Å²) < 4.78 is 0.827. The lowest BCUT2D eigenvalue weighted by atomic mass is 9.96. The highest BCUT2D eigenvalue weighted by Crippen LogP contribution is 2.21. The zero-order chi connectivity index (χ0) is 15.3. The number of halogens is 1. The van der Waals surface area contributed by atoms with Crippen LogP contribution in [-0.2, 0) is 11.2 Å². The summed E-state index contributed by atoms with van der Waals surface area (Å²) in [4.78, 5) is 14.6. The topological polar surface area (TPSA) is 20.3 Å². The molecule has 0 aliphatic rings. The van der Waals surface area contributed by atoms with Gasteiger partial charge in [-0.25, -0.2) is 0 Å². The zero-order valence-corrected chi connectivity index (χ0v) is 14.4. The van der Waals surface area contributed by atoms with E-state index in [1.54, 1.807) is 0 Å². The third kappa shape index (κ3) is 5.12. The molecule has 0 N–H and O–H groups in total. The number of hydrogen-bond acceptors (Lipinski definition) is 1. The number of nitrogens with zero attached hydrogens (tertiary/aromatic N) is 1. The smallest absolute Gasteiger partial charge is 0.226 e. The second kappa shape index (κ2) is 7.07. The first kappa shape index (κ1) is 17.0. The van der Waals surface area contributed by atoms with Crippen LogP contribution in [0.1, 0.15) is 33.3 Å². The second-order valence-corrected chi connectivity index (χ2v) is 7.32. The Morgan fingerprint density at radius 2 is 1.85 bits per heavy atom. The van der Waals surface area contributed by atoms with Crippen LogP contribution in [-0.4, -0.2) is 22.9 Å². The summed E-state index contributed by atoms with van der Waals surface area (Å²) in [7, 11) is 0. The maximum absolute atomic E-state index is 12.7. The third-order valence-corrected chi connectivity index (χ3v) is 3.46. The van der Waals surface area contributed by atoms with Gasteiger partial charge in [0.1, 0.15) is 0 Å². The first-order chi connectivity index (χ1) is 9.21. The minimum absolute atomic E-state index is 0.0384. The van der Waals surface area contributed by atoms with Crippen molar-refractivity contribution in [1.82, 2.24) is 4.90 Å². The van der Waals surface area contributed by atoms with E-state index in [0.29, 0.717) is 6.54 Å². The highest BCUT2D eigenvalue weighted by molar-refractivity contribution is 9.11. The van der Waals surface area contributed by atoms with Gasteiger partial charge in [0.25, 0.3) is 0 Å². The molecule has 2 nitrogen and oxygen atoms in total. The number of amides is 1. The van der Waals surface area contributed by atoms with Gasteiger partial charge >= 0.3 is 0 Å². The molecule has 1 atom stereocenters. The number of benzene rings is 1. The lowest BCUT2D eigenvalue weighted by molar-refractivity contribution is -0.139. The first-order valence-electron chi connectivity index (χ1n) is 6.90. The molecule has 20 heavy (non-hydrogen) atoms. The van der Waals surface area contributed by atoms with Crippen molar-refractivity contribution in [1.29, 1.82) is 0 Å². The maximum Gasteiger partial charge on any atom is 0.226 e. The van der Waals surface area contributed by atoms with Crippen molar-refractivity contribution in [3.63, 3.8) is 0 Å². The molecule has 0 fully saturated rings. The van der Waals surface area contributed by atoms with Crippen molar-refractivity contribution in [2.75, 3.05) is 6.54 Å². The number of rotatable bonds is 5. The first-order valence-corrected chi connectivity index (χ1v) is 7.70. The summed E-state index contributed by atoms with van der Waals surface area (Å²) in [6.45, 7) is 12.5. The molecule has 0 aliphatic heterocycles. The van der Waals surface area contributed by atoms with Gasteiger partial charge < -0.3 is 4.90 Å². The molecule has 0 saturated carbocycles. The van der Waals surface area contributed by atoms with Crippen molar-refractivity contribution < 1.29 is 4.79 Å². The Labute approximate surface area is 131 Å². The van der Waals surface area contributed by atoms with E-state index in [4.69, 9.17) is 0 Å². The van der Waals surface area contributed by atoms with Gasteiger partial charge in [0.15, 0.2) is 0 Å². The van der Waals surface area contributed by atoms with E-state index in [0.717, 1.165) is 10.9 Å². The fraction of sp³-hybridized carbons (Fsp3) is 0.471. The molecule has 0 aromatic heterocycles. The molecule has 1 aromatic carbocycles. The summed E-state index contributed by atoms with van der Waals surface area (Å²) in [5, 5.41) is 0. The van der Waals surface area contributed by atoms with Crippen LogP contribution in [0.15, 0.2) is 41.4 Å². The molecule has 0 aliphatic carbocycles. The average molecular weight is 338 g/mol. The van der Waals surface area contributed by atoms with Crippen molar-refractivity contribution >= 4 is 21.8 Å². The fourth-order valence-corrected chi connectivity index (χ4v) is 2.39. The highest BCUT2D eigenvalue weighted by atomic mass is 79.9. The molecule has 110 valence electrons. The van der Waals surface area contributed by atoms with E-state index in [1.165, 1.54) is 5.56 Å². The van der Waals surface area contributed by atoms with Gasteiger partial charge in [-0.1, -0.05) is 59.8 Å². The normalized spacial score (nSPS) is 12.8. The van der Waals surface area contributed by atoms with Crippen LogP contribution in [0.5, 0.6) is 0 Å². The summed E-state index contributed by atoms with van der Waals surface area (Å²) in [5.74, 6) is 0.130. The molecule has 0 unspecified atom stereocenters. The molecule has 0 radical (unpaired) electrons. The average Bonchev–Trinajstić information content (AvgIpc) is 2.34. The van der Waals surface area contributed by atoms with Gasteiger partial charge in [-0.3, -0.25) is 4.79 Å². The van der Waals surface area contributed by atoms with E-state index in [9.17, 15) is 4.79 Å². The maximum atomic E-state index is 12.7. The number of carbonyl (C=O) groups is 1. The SMILES string of the molecule is C=C(Br)CN(C(=O)[C@@H](C)Cc1ccccc1)C(C)(C)C. The minimum atomic E-state index is -0.210. The van der Waals surface area contributed by atoms with Gasteiger partial charge in [0, 0.05) is 15.9 Å². The number of carbonyl (C=O) groups excluding carboxylic acids is 1. The molecule has 0 saturated heterocycles. The standard InChI is InChI=1S/C17H24BrNO/c1-13(11-15-9-7-6-8-10-15)16(20)19(12-14(2)18)17(3,4)5/h6-10,13H,2,11-12H2,1,3-5H3/t13-/m0/s1. The molecule has 0 heterocycles. The van der Waals surface area contributed by atoms with E-state index in [2.05, 4.69) is 55.4 Å². The van der Waals surface area contributed by atoms with Crippen LogP contribution in [0.2, 0.25) is 0 Å². The fourth-order valence-electron chi connectivity index (χ4n) is 2.14. The predicted molar refractivity (Wildman–Crippen MR) is 88.8 cm³/mol. The van der Waals surface area contributed by atoms with Gasteiger partial charge in [-0.15, -0.1) is 0 Å². The Hall–Kier alpha value is -1.09. The Morgan fingerprint density at radius 3 is 2.30 bits per heavy atom. The predicted octanol–water partition coefficient (Wildman–Crippen LogP) is 4.40. The molecule has 1 aromatic rings. The Kier molecular flexibility index (Phi) is 6.00. The van der Waals surface area contributed by atoms with Crippen LogP contribution in [0.3, 0.4) is 0 Å². The second-order valence-electron chi connectivity index (χ2n) is 6.20. The van der Waals surface area contributed by atoms with Gasteiger partial charge in [0.05, 0.1) is 6.54 Å². The minimum Gasteiger partial charge on any atom is -0.333 e. The molecule has 1 rings (SSSR count). The van der Waals surface area contributed by atoms with Gasteiger partial charge in [-0.05, 0) is 32.8 Å². The van der Waals surface area contributed by atoms with E-state index in [-0.39, 0.29) is 17.4 Å². The quantitative estimate of drug-likeness (QED) is 0.779. The van der Waals surface area contributed by atoms with Crippen molar-refractivity contribution in [2.24, 2.45) is 5.92 Å². The van der Waals surface area contributed by atoms with Crippen LogP contribution < -0.4 is 0 Å². The van der Waals surface area contributed by atoms with Crippen molar-refractivity contribution in [3.05, 3.63) is 47.0 Å². The van der Waals surface area contributed by atoms with Gasteiger partial charge in [0.2, 0.25) is 5.91 Å². The molecule has 1 amide bonds. The molecule has 0 spiro atoms. The molecule has 0 bridgehead atoms. The van der Waals surface area contributed by atoms with Crippen LogP contribution in [0, 0.1) is 5.92 Å². The summed E-state index contributed by atoms with van der Waals surface area (Å²) in [6, 6.07) is 10.1. The number of hydrogen-bond donors (Lipinski definition) is 0. The summed E-state index contributed by atoms with van der Waals surface area (Å²) in [6.07, 6.45) is 0.765. The molecular weight excluding hydrogens is 314 g/mol. The van der Waals surface area contributed by atoms with Crippen molar-refractivity contribution in [3.8, 4) is 0 Å².